The molecule has 0 aliphatic carbocycles. The van der Waals surface area contributed by atoms with Gasteiger partial charge in [-0.2, -0.15) is 0 Å². The van der Waals surface area contributed by atoms with Gasteiger partial charge in [0.25, 0.3) is 10.0 Å². The number of sulfonamides is 1. The highest BCUT2D eigenvalue weighted by Gasteiger charge is 2.32. The number of benzene rings is 3. The number of rotatable bonds is 10. The second-order valence-electron chi connectivity index (χ2n) is 9.15. The fourth-order valence-electron chi connectivity index (χ4n) is 3.73. The molecule has 0 heterocycles. The van der Waals surface area contributed by atoms with Gasteiger partial charge in [0.1, 0.15) is 12.6 Å². The molecule has 1 N–H and O–H groups in total. The lowest BCUT2D eigenvalue weighted by Gasteiger charge is -2.32. The van der Waals surface area contributed by atoms with E-state index < -0.39 is 28.5 Å². The first-order valence-corrected chi connectivity index (χ1v) is 14.5. The molecule has 3 aromatic rings. The number of hydrogen-bond acceptors (Lipinski definition) is 4. The predicted octanol–water partition coefficient (Wildman–Crippen LogP) is 4.74. The average molecular weight is 634 g/mol. The van der Waals surface area contributed by atoms with Crippen molar-refractivity contribution in [2.24, 2.45) is 0 Å². The molecule has 0 saturated carbocycles. The molecular weight excluding hydrogens is 601 g/mol. The Morgan fingerprint density at radius 3 is 2.05 bits per heavy atom. The molecule has 0 aromatic heterocycles. The van der Waals surface area contributed by atoms with Crippen LogP contribution in [0.3, 0.4) is 0 Å². The molecule has 7 nitrogen and oxygen atoms in total. The molecule has 1 atom stereocenters. The van der Waals surface area contributed by atoms with Crippen LogP contribution in [0.5, 0.6) is 0 Å². The van der Waals surface area contributed by atoms with Crippen molar-refractivity contribution in [3.63, 3.8) is 0 Å². The summed E-state index contributed by atoms with van der Waals surface area (Å²) in [4.78, 5) is 28.2. The number of anilines is 1. The van der Waals surface area contributed by atoms with Crippen LogP contribution in [-0.4, -0.2) is 43.8 Å². The van der Waals surface area contributed by atoms with Gasteiger partial charge in [0.05, 0.1) is 10.6 Å². The highest BCUT2D eigenvalue weighted by molar-refractivity contribution is 14.1. The van der Waals surface area contributed by atoms with Gasteiger partial charge in [-0.1, -0.05) is 48.0 Å². The fraction of sp³-hybridized carbons (Fsp3) is 0.286. The van der Waals surface area contributed by atoms with Crippen molar-refractivity contribution in [2.45, 2.75) is 51.2 Å². The molecule has 0 aliphatic rings. The van der Waals surface area contributed by atoms with Crippen LogP contribution in [0.4, 0.5) is 5.69 Å². The summed E-state index contributed by atoms with van der Waals surface area (Å²) in [6, 6.07) is 21.7. The first kappa shape index (κ1) is 28.6. The van der Waals surface area contributed by atoms with Gasteiger partial charge in [-0.3, -0.25) is 13.9 Å². The summed E-state index contributed by atoms with van der Waals surface area (Å²) in [7, 11) is -4.06. The Balaban J connectivity index is 2.00. The second kappa shape index (κ2) is 12.6. The Morgan fingerprint density at radius 1 is 0.892 bits per heavy atom. The zero-order valence-corrected chi connectivity index (χ0v) is 24.4. The van der Waals surface area contributed by atoms with E-state index in [0.717, 1.165) is 19.0 Å². The molecule has 0 spiro atoms. The molecule has 196 valence electrons. The first-order chi connectivity index (χ1) is 17.5. The van der Waals surface area contributed by atoms with Crippen molar-refractivity contribution < 1.29 is 18.0 Å². The lowest BCUT2D eigenvalue weighted by Crippen LogP contribution is -2.52. The van der Waals surface area contributed by atoms with E-state index in [1.807, 2.05) is 45.0 Å². The zero-order chi connectivity index (χ0) is 27.2. The molecule has 0 aliphatic heterocycles. The summed E-state index contributed by atoms with van der Waals surface area (Å²) in [5, 5.41) is 2.85. The standard InChI is InChI=1S/C28H32IN3O4S/c1-20(2)30-28(34)22(4)31(18-23-12-10-21(3)11-13-23)27(33)19-32(25-16-14-24(29)15-17-25)37(35,36)26-8-6-5-7-9-26/h5-17,20,22H,18-19H2,1-4H3,(H,30,34)/t22-/m1/s1. The number of nitrogens with one attached hydrogen (secondary N) is 1. The van der Waals surface area contributed by atoms with E-state index in [4.69, 9.17) is 0 Å². The fourth-order valence-corrected chi connectivity index (χ4v) is 5.53. The summed E-state index contributed by atoms with van der Waals surface area (Å²) in [6.07, 6.45) is 0. The van der Waals surface area contributed by atoms with Gasteiger partial charge in [0, 0.05) is 16.2 Å². The molecule has 0 bridgehead atoms. The number of aryl methyl sites for hydroxylation is 1. The zero-order valence-electron chi connectivity index (χ0n) is 21.4. The molecule has 0 fully saturated rings. The lowest BCUT2D eigenvalue weighted by atomic mass is 10.1. The van der Waals surface area contributed by atoms with Gasteiger partial charge in [0.2, 0.25) is 11.8 Å². The summed E-state index contributed by atoms with van der Waals surface area (Å²) in [5.41, 5.74) is 2.29. The molecular formula is C28H32IN3O4S. The maximum atomic E-state index is 13.8. The number of carbonyl (C=O) groups is 2. The predicted molar refractivity (Wildman–Crippen MR) is 155 cm³/mol. The van der Waals surface area contributed by atoms with E-state index in [1.54, 1.807) is 49.4 Å². The van der Waals surface area contributed by atoms with Crippen molar-refractivity contribution >= 4 is 50.1 Å². The minimum Gasteiger partial charge on any atom is -0.352 e. The SMILES string of the molecule is Cc1ccc(CN(C(=O)CN(c2ccc(I)cc2)S(=O)(=O)c2ccccc2)[C@H](C)C(=O)NC(C)C)cc1. The summed E-state index contributed by atoms with van der Waals surface area (Å²) < 4.78 is 29.4. The van der Waals surface area contributed by atoms with E-state index in [9.17, 15) is 18.0 Å². The van der Waals surface area contributed by atoms with Crippen molar-refractivity contribution in [1.82, 2.24) is 10.2 Å². The maximum Gasteiger partial charge on any atom is 0.264 e. The second-order valence-corrected chi connectivity index (χ2v) is 12.3. The van der Waals surface area contributed by atoms with Crippen molar-refractivity contribution in [3.05, 3.63) is 93.6 Å². The smallest absolute Gasteiger partial charge is 0.264 e. The monoisotopic (exact) mass is 633 g/mol. The topological polar surface area (TPSA) is 86.8 Å². The van der Waals surface area contributed by atoms with E-state index in [2.05, 4.69) is 27.9 Å². The van der Waals surface area contributed by atoms with Gasteiger partial charge in [-0.25, -0.2) is 8.42 Å². The molecule has 0 saturated heterocycles. The van der Waals surface area contributed by atoms with E-state index in [0.29, 0.717) is 5.69 Å². The van der Waals surface area contributed by atoms with Crippen LogP contribution < -0.4 is 9.62 Å². The normalized spacial score (nSPS) is 12.2. The van der Waals surface area contributed by atoms with Crippen LogP contribution in [0.2, 0.25) is 0 Å². The van der Waals surface area contributed by atoms with E-state index in [1.165, 1.54) is 17.0 Å². The van der Waals surface area contributed by atoms with E-state index in [-0.39, 0.29) is 23.4 Å². The highest BCUT2D eigenvalue weighted by atomic mass is 127. The van der Waals surface area contributed by atoms with Crippen LogP contribution in [0, 0.1) is 10.5 Å². The van der Waals surface area contributed by atoms with Gasteiger partial charge in [-0.15, -0.1) is 0 Å². The van der Waals surface area contributed by atoms with Gasteiger partial charge in [-0.05, 0) is 92.2 Å². The minimum atomic E-state index is -4.06. The van der Waals surface area contributed by atoms with Crippen LogP contribution in [-0.2, 0) is 26.2 Å². The van der Waals surface area contributed by atoms with Crippen LogP contribution in [0.1, 0.15) is 31.9 Å². The Morgan fingerprint density at radius 2 is 1.49 bits per heavy atom. The Bertz CT molecular complexity index is 1310. The summed E-state index contributed by atoms with van der Waals surface area (Å²) in [6.45, 7) is 7.04. The van der Waals surface area contributed by atoms with Gasteiger partial charge >= 0.3 is 0 Å². The third-order valence-electron chi connectivity index (χ3n) is 5.80. The van der Waals surface area contributed by atoms with Crippen LogP contribution in [0.25, 0.3) is 0 Å². The molecule has 9 heteroatoms. The number of amides is 2. The molecule has 3 rings (SSSR count). The van der Waals surface area contributed by atoms with Crippen LogP contribution in [0.15, 0.2) is 83.8 Å². The number of nitrogens with zero attached hydrogens (tertiary/aromatic N) is 2. The highest BCUT2D eigenvalue weighted by Crippen LogP contribution is 2.25. The molecule has 0 radical (unpaired) electrons. The molecule has 37 heavy (non-hydrogen) atoms. The first-order valence-electron chi connectivity index (χ1n) is 12.0. The Kier molecular flexibility index (Phi) is 9.72. The van der Waals surface area contributed by atoms with Crippen molar-refractivity contribution in [3.8, 4) is 0 Å². The molecule has 0 unspecified atom stereocenters. The van der Waals surface area contributed by atoms with Crippen molar-refractivity contribution in [2.75, 3.05) is 10.8 Å². The number of hydrogen-bond donors (Lipinski definition) is 1. The largest absolute Gasteiger partial charge is 0.352 e. The Hall–Kier alpha value is -2.92. The third kappa shape index (κ3) is 7.54. The molecule has 2 amide bonds. The summed E-state index contributed by atoms with van der Waals surface area (Å²) >= 11 is 2.14. The molecule has 3 aromatic carbocycles. The van der Waals surface area contributed by atoms with E-state index >= 15 is 0 Å². The Labute approximate surface area is 233 Å². The average Bonchev–Trinajstić information content (AvgIpc) is 2.87. The van der Waals surface area contributed by atoms with Crippen LogP contribution >= 0.6 is 22.6 Å². The van der Waals surface area contributed by atoms with Crippen molar-refractivity contribution in [1.29, 1.82) is 0 Å². The number of halogens is 1. The minimum absolute atomic E-state index is 0.0806. The quantitative estimate of drug-likeness (QED) is 0.327. The lowest BCUT2D eigenvalue weighted by molar-refractivity contribution is -0.139. The van der Waals surface area contributed by atoms with Gasteiger partial charge < -0.3 is 10.2 Å². The van der Waals surface area contributed by atoms with Gasteiger partial charge in [0.15, 0.2) is 0 Å². The maximum absolute atomic E-state index is 13.8. The number of carbonyl (C=O) groups excluding carboxylic acids is 2. The summed E-state index contributed by atoms with van der Waals surface area (Å²) in [5.74, 6) is -0.785. The third-order valence-corrected chi connectivity index (χ3v) is 8.30.